The summed E-state index contributed by atoms with van der Waals surface area (Å²) in [5.41, 5.74) is 1.14. The fourth-order valence-electron chi connectivity index (χ4n) is 2.83. The van der Waals surface area contributed by atoms with Crippen molar-refractivity contribution in [3.05, 3.63) is 57.0 Å². The SMILES string of the molecule is O=c1[nH]ncc(NCC2(O)CCCc3ccccc32)c1Cl. The van der Waals surface area contributed by atoms with Gasteiger partial charge in [0, 0.05) is 6.54 Å². The molecule has 3 N–H and O–H groups in total. The van der Waals surface area contributed by atoms with Gasteiger partial charge in [0.25, 0.3) is 5.56 Å². The van der Waals surface area contributed by atoms with E-state index in [1.165, 1.54) is 11.8 Å². The van der Waals surface area contributed by atoms with Crippen LogP contribution in [-0.4, -0.2) is 21.8 Å². The van der Waals surface area contributed by atoms with Crippen LogP contribution in [0.5, 0.6) is 0 Å². The smallest absolute Gasteiger partial charge is 0.285 e. The average Bonchev–Trinajstić information content (AvgIpc) is 2.49. The van der Waals surface area contributed by atoms with Crippen LogP contribution in [0.2, 0.25) is 5.02 Å². The molecule has 0 amide bonds. The van der Waals surface area contributed by atoms with Crippen molar-refractivity contribution in [2.24, 2.45) is 0 Å². The number of fused-ring (bicyclic) bond motifs is 1. The standard InChI is InChI=1S/C15H16ClN3O2/c16-13-12(8-18-19-14(13)20)17-9-15(21)7-3-5-10-4-1-2-6-11(10)15/h1-2,4,6,8,21H,3,5,7,9H2,(H2,17,19,20). The number of benzene rings is 1. The molecule has 1 aromatic carbocycles. The Bertz CT molecular complexity index is 716. The van der Waals surface area contributed by atoms with Crippen molar-refractivity contribution in [2.45, 2.75) is 24.9 Å². The molecule has 0 spiro atoms. The lowest BCUT2D eigenvalue weighted by Gasteiger charge is -2.35. The van der Waals surface area contributed by atoms with Gasteiger partial charge in [-0.25, -0.2) is 5.10 Å². The molecular weight excluding hydrogens is 290 g/mol. The van der Waals surface area contributed by atoms with Crippen LogP contribution in [0.3, 0.4) is 0 Å². The molecule has 5 nitrogen and oxygen atoms in total. The molecule has 1 heterocycles. The van der Waals surface area contributed by atoms with E-state index in [4.69, 9.17) is 11.6 Å². The first-order valence-electron chi connectivity index (χ1n) is 6.88. The number of aromatic nitrogens is 2. The summed E-state index contributed by atoms with van der Waals surface area (Å²) in [6, 6.07) is 7.90. The number of aliphatic hydroxyl groups is 1. The van der Waals surface area contributed by atoms with Gasteiger partial charge < -0.3 is 10.4 Å². The molecule has 1 aliphatic rings. The second-order valence-corrected chi connectivity index (χ2v) is 5.70. The third kappa shape index (κ3) is 2.66. The highest BCUT2D eigenvalue weighted by Gasteiger charge is 2.34. The van der Waals surface area contributed by atoms with Gasteiger partial charge in [-0.05, 0) is 30.4 Å². The molecule has 0 aliphatic heterocycles. The first-order valence-corrected chi connectivity index (χ1v) is 7.26. The first-order chi connectivity index (χ1) is 10.1. The van der Waals surface area contributed by atoms with Crippen molar-refractivity contribution < 1.29 is 5.11 Å². The maximum absolute atomic E-state index is 11.4. The summed E-state index contributed by atoms with van der Waals surface area (Å²) in [4.78, 5) is 11.4. The fraction of sp³-hybridized carbons (Fsp3) is 0.333. The number of rotatable bonds is 3. The van der Waals surface area contributed by atoms with Crippen molar-refractivity contribution in [3.8, 4) is 0 Å². The molecule has 110 valence electrons. The van der Waals surface area contributed by atoms with Gasteiger partial charge in [0.15, 0.2) is 0 Å². The minimum absolute atomic E-state index is 0.0534. The topological polar surface area (TPSA) is 78.0 Å². The molecule has 1 aliphatic carbocycles. The van der Waals surface area contributed by atoms with E-state index < -0.39 is 11.2 Å². The van der Waals surface area contributed by atoms with Crippen LogP contribution >= 0.6 is 11.6 Å². The van der Waals surface area contributed by atoms with E-state index in [2.05, 4.69) is 15.5 Å². The van der Waals surface area contributed by atoms with E-state index in [0.29, 0.717) is 12.1 Å². The molecule has 1 aromatic heterocycles. The second kappa shape index (κ2) is 5.50. The molecular formula is C15H16ClN3O2. The number of halogens is 1. The first kappa shape index (κ1) is 14.1. The van der Waals surface area contributed by atoms with Crippen LogP contribution in [0, 0.1) is 0 Å². The zero-order valence-electron chi connectivity index (χ0n) is 11.4. The third-order valence-corrected chi connectivity index (χ3v) is 4.30. The fourth-order valence-corrected chi connectivity index (χ4v) is 2.99. The Morgan fingerprint density at radius 3 is 3.10 bits per heavy atom. The summed E-state index contributed by atoms with van der Waals surface area (Å²) in [6.07, 6.45) is 4.02. The largest absolute Gasteiger partial charge is 0.383 e. The highest BCUT2D eigenvalue weighted by atomic mass is 35.5. The monoisotopic (exact) mass is 305 g/mol. The Labute approximate surface area is 127 Å². The van der Waals surface area contributed by atoms with Crippen LogP contribution in [0.1, 0.15) is 24.0 Å². The predicted octanol–water partition coefficient (Wildman–Crippen LogP) is 2.06. The van der Waals surface area contributed by atoms with Crippen molar-refractivity contribution in [1.29, 1.82) is 0 Å². The maximum Gasteiger partial charge on any atom is 0.285 e. The molecule has 3 rings (SSSR count). The Kier molecular flexibility index (Phi) is 3.69. The minimum atomic E-state index is -0.958. The van der Waals surface area contributed by atoms with Crippen LogP contribution in [0.4, 0.5) is 5.69 Å². The van der Waals surface area contributed by atoms with Gasteiger partial charge in [0.05, 0.1) is 11.9 Å². The number of nitrogens with one attached hydrogen (secondary N) is 2. The number of aromatic amines is 1. The quantitative estimate of drug-likeness (QED) is 0.811. The highest BCUT2D eigenvalue weighted by Crippen LogP contribution is 2.35. The van der Waals surface area contributed by atoms with E-state index in [9.17, 15) is 9.90 Å². The average molecular weight is 306 g/mol. The van der Waals surface area contributed by atoms with Crippen LogP contribution in [0.25, 0.3) is 0 Å². The predicted molar refractivity (Wildman–Crippen MR) is 81.6 cm³/mol. The maximum atomic E-state index is 11.4. The van der Waals surface area contributed by atoms with E-state index in [1.54, 1.807) is 0 Å². The van der Waals surface area contributed by atoms with Gasteiger partial charge in [0.1, 0.15) is 10.6 Å². The summed E-state index contributed by atoms with van der Waals surface area (Å²) < 4.78 is 0. The van der Waals surface area contributed by atoms with Crippen molar-refractivity contribution in [2.75, 3.05) is 11.9 Å². The number of H-pyrrole nitrogens is 1. The molecule has 0 fully saturated rings. The van der Waals surface area contributed by atoms with Gasteiger partial charge >= 0.3 is 0 Å². The van der Waals surface area contributed by atoms with Gasteiger partial charge in [0.2, 0.25) is 0 Å². The van der Waals surface area contributed by atoms with Crippen molar-refractivity contribution in [3.63, 3.8) is 0 Å². The van der Waals surface area contributed by atoms with E-state index in [1.807, 2.05) is 24.3 Å². The molecule has 6 heteroatoms. The number of hydrogen-bond acceptors (Lipinski definition) is 4. The molecule has 0 saturated carbocycles. The molecule has 2 aromatic rings. The van der Waals surface area contributed by atoms with Gasteiger partial charge in [-0.3, -0.25) is 4.79 Å². The highest BCUT2D eigenvalue weighted by molar-refractivity contribution is 6.32. The third-order valence-electron chi connectivity index (χ3n) is 3.92. The Morgan fingerprint density at radius 2 is 2.24 bits per heavy atom. The molecule has 1 unspecified atom stereocenters. The zero-order valence-corrected chi connectivity index (χ0v) is 12.2. The van der Waals surface area contributed by atoms with Gasteiger partial charge in [-0.2, -0.15) is 5.10 Å². The van der Waals surface area contributed by atoms with Crippen molar-refractivity contribution in [1.82, 2.24) is 10.2 Å². The lowest BCUT2D eigenvalue weighted by molar-refractivity contribution is 0.0323. The lowest BCUT2D eigenvalue weighted by atomic mass is 9.79. The number of hydrogen-bond donors (Lipinski definition) is 3. The second-order valence-electron chi connectivity index (χ2n) is 5.32. The van der Waals surface area contributed by atoms with Crippen LogP contribution in [-0.2, 0) is 12.0 Å². The normalized spacial score (nSPS) is 20.9. The van der Waals surface area contributed by atoms with Crippen LogP contribution < -0.4 is 10.9 Å². The van der Waals surface area contributed by atoms with E-state index in [-0.39, 0.29) is 11.6 Å². The summed E-state index contributed by atoms with van der Waals surface area (Å²) in [5, 5.41) is 20.0. The number of anilines is 1. The Morgan fingerprint density at radius 1 is 1.43 bits per heavy atom. The molecule has 0 radical (unpaired) electrons. The zero-order chi connectivity index (χ0) is 14.9. The van der Waals surface area contributed by atoms with Gasteiger partial charge in [-0.15, -0.1) is 0 Å². The summed E-state index contributed by atoms with van der Waals surface area (Å²) >= 11 is 5.93. The summed E-state index contributed by atoms with van der Waals surface area (Å²) in [6.45, 7) is 0.287. The number of nitrogens with zero attached hydrogens (tertiary/aromatic N) is 1. The summed E-state index contributed by atoms with van der Waals surface area (Å²) in [5.74, 6) is 0. The lowest BCUT2D eigenvalue weighted by Crippen LogP contribution is -2.37. The minimum Gasteiger partial charge on any atom is -0.383 e. The van der Waals surface area contributed by atoms with E-state index >= 15 is 0 Å². The number of aryl methyl sites for hydroxylation is 1. The molecule has 0 bridgehead atoms. The van der Waals surface area contributed by atoms with Crippen LogP contribution in [0.15, 0.2) is 35.3 Å². The van der Waals surface area contributed by atoms with Crippen molar-refractivity contribution >= 4 is 17.3 Å². The van der Waals surface area contributed by atoms with Gasteiger partial charge in [-0.1, -0.05) is 35.9 Å². The Hall–Kier alpha value is -1.85. The molecule has 0 saturated heterocycles. The van der Waals surface area contributed by atoms with E-state index in [0.717, 1.165) is 18.4 Å². The Balaban J connectivity index is 1.85. The molecule has 21 heavy (non-hydrogen) atoms. The summed E-state index contributed by atoms with van der Waals surface area (Å²) in [7, 11) is 0. The molecule has 1 atom stereocenters.